The Bertz CT molecular complexity index is 1040. The zero-order chi connectivity index (χ0) is 24.5. The molecule has 1 fully saturated rings. The topological polar surface area (TPSA) is 88.4 Å². The molecule has 0 bridgehead atoms. The van der Waals surface area contributed by atoms with Crippen LogP contribution in [0.25, 0.3) is 5.70 Å². The van der Waals surface area contributed by atoms with E-state index < -0.39 is 0 Å². The summed E-state index contributed by atoms with van der Waals surface area (Å²) in [5.41, 5.74) is 2.45. The molecule has 4 rings (SSSR count). The van der Waals surface area contributed by atoms with E-state index in [1.165, 1.54) is 0 Å². The highest BCUT2D eigenvalue weighted by Gasteiger charge is 2.33. The Kier molecular flexibility index (Phi) is 8.79. The molecular weight excluding hydrogens is 438 g/mol. The van der Waals surface area contributed by atoms with Crippen LogP contribution in [-0.2, 0) is 4.79 Å². The van der Waals surface area contributed by atoms with E-state index in [1.54, 1.807) is 12.3 Å². The average molecular weight is 474 g/mol. The number of pyridine rings is 1. The number of aromatic nitrogens is 1. The molecule has 7 nitrogen and oxygen atoms in total. The molecule has 2 aromatic rings. The van der Waals surface area contributed by atoms with Gasteiger partial charge in [0.1, 0.15) is 17.9 Å². The van der Waals surface area contributed by atoms with Gasteiger partial charge < -0.3 is 10.2 Å². The number of amides is 1. The van der Waals surface area contributed by atoms with Crippen LogP contribution in [0.1, 0.15) is 61.0 Å². The maximum absolute atomic E-state index is 13.1. The SMILES string of the molecule is CN1CCC(C(=O)N[C@@H](CCCCCC(=O)c2ccccn2)C2=[N+]C(c3ccccc3)=CN2)CC1. The van der Waals surface area contributed by atoms with Gasteiger partial charge in [0.05, 0.1) is 0 Å². The van der Waals surface area contributed by atoms with Crippen molar-refractivity contribution in [1.82, 2.24) is 25.5 Å². The van der Waals surface area contributed by atoms with E-state index in [2.05, 4.69) is 27.6 Å². The Morgan fingerprint density at radius 3 is 2.60 bits per heavy atom. The lowest BCUT2D eigenvalue weighted by atomic mass is 9.95. The molecule has 1 atom stereocenters. The van der Waals surface area contributed by atoms with Gasteiger partial charge in [0, 0.05) is 24.1 Å². The zero-order valence-corrected chi connectivity index (χ0v) is 20.5. The smallest absolute Gasteiger partial charge is 0.319 e. The van der Waals surface area contributed by atoms with E-state index in [1.807, 2.05) is 48.7 Å². The summed E-state index contributed by atoms with van der Waals surface area (Å²) in [5, 5.41) is 6.58. The molecule has 0 saturated carbocycles. The summed E-state index contributed by atoms with van der Waals surface area (Å²) < 4.78 is 0. The molecule has 183 valence electrons. The Labute approximate surface area is 207 Å². The molecule has 0 aliphatic carbocycles. The number of nitrogens with one attached hydrogen (secondary N) is 2. The van der Waals surface area contributed by atoms with Crippen LogP contribution < -0.4 is 15.6 Å². The van der Waals surface area contributed by atoms with Gasteiger partial charge in [0.2, 0.25) is 11.6 Å². The zero-order valence-electron chi connectivity index (χ0n) is 20.5. The molecule has 2 N–H and O–H groups in total. The number of benzene rings is 1. The number of likely N-dealkylation sites (tertiary alicyclic amines) is 1. The molecule has 1 radical (unpaired) electrons. The Hall–Kier alpha value is -3.32. The quantitative estimate of drug-likeness (QED) is 0.386. The van der Waals surface area contributed by atoms with Gasteiger partial charge in [-0.1, -0.05) is 49.2 Å². The third-order valence-electron chi connectivity index (χ3n) is 6.75. The molecule has 35 heavy (non-hydrogen) atoms. The average Bonchev–Trinajstić information content (AvgIpc) is 3.39. The van der Waals surface area contributed by atoms with Crippen molar-refractivity contribution in [3.63, 3.8) is 0 Å². The lowest BCUT2D eigenvalue weighted by molar-refractivity contribution is -0.126. The summed E-state index contributed by atoms with van der Waals surface area (Å²) in [5.74, 6) is 1.03. The number of Topliss-reactive ketones (excluding diaryl/α,β-unsaturated/α-hetero) is 1. The molecule has 2 aliphatic heterocycles. The van der Waals surface area contributed by atoms with E-state index in [9.17, 15) is 9.59 Å². The van der Waals surface area contributed by atoms with Gasteiger partial charge in [0.15, 0.2) is 5.78 Å². The number of amidine groups is 1. The fourth-order valence-electron chi connectivity index (χ4n) is 4.58. The van der Waals surface area contributed by atoms with Crippen LogP contribution in [0.15, 0.2) is 60.9 Å². The number of hydrogen-bond acceptors (Lipinski definition) is 6. The Morgan fingerprint density at radius 1 is 1.09 bits per heavy atom. The third kappa shape index (κ3) is 7.09. The van der Waals surface area contributed by atoms with E-state index >= 15 is 0 Å². The fraction of sp³-hybridized carbons (Fsp3) is 0.429. The second-order valence-electron chi connectivity index (χ2n) is 9.41. The van der Waals surface area contributed by atoms with Gasteiger partial charge >= 0.3 is 5.84 Å². The van der Waals surface area contributed by atoms with Gasteiger partial charge in [-0.2, -0.15) is 0 Å². The first kappa shape index (κ1) is 24.8. The van der Waals surface area contributed by atoms with Crippen LogP contribution in [-0.4, -0.2) is 53.6 Å². The summed E-state index contributed by atoms with van der Waals surface area (Å²) >= 11 is 0. The molecule has 7 heteroatoms. The first-order valence-electron chi connectivity index (χ1n) is 12.6. The van der Waals surface area contributed by atoms with Crippen molar-refractivity contribution in [1.29, 1.82) is 0 Å². The van der Waals surface area contributed by atoms with Crippen molar-refractivity contribution in [3.8, 4) is 0 Å². The van der Waals surface area contributed by atoms with Gasteiger partial charge in [-0.15, -0.1) is 0 Å². The van der Waals surface area contributed by atoms with Gasteiger partial charge in [-0.25, -0.2) is 5.32 Å². The summed E-state index contributed by atoms with van der Waals surface area (Å²) in [4.78, 5) is 36.6. The lowest BCUT2D eigenvalue weighted by Gasteiger charge is -2.29. The van der Waals surface area contributed by atoms with Crippen molar-refractivity contribution in [2.75, 3.05) is 20.1 Å². The van der Waals surface area contributed by atoms with Crippen LogP contribution in [0.4, 0.5) is 0 Å². The van der Waals surface area contributed by atoms with E-state index in [-0.39, 0.29) is 23.7 Å². The number of hydrogen-bond donors (Lipinski definition) is 2. The highest BCUT2D eigenvalue weighted by atomic mass is 16.2. The number of carbonyl (C=O) groups is 2. The van der Waals surface area contributed by atoms with Crippen molar-refractivity contribution >= 4 is 23.2 Å². The van der Waals surface area contributed by atoms with Crippen LogP contribution in [0.3, 0.4) is 0 Å². The highest BCUT2D eigenvalue weighted by molar-refractivity contribution is 5.97. The minimum absolute atomic E-state index is 0.0493. The van der Waals surface area contributed by atoms with Gasteiger partial charge in [0.25, 0.3) is 0 Å². The minimum atomic E-state index is -0.175. The standard InChI is InChI=1S/C28H35N5O2/c1-33-18-15-22(16-19-33)28(35)32-24(27-30-20-25(31-27)21-10-4-2-5-11-21)13-6-3-7-14-26(34)23-12-8-9-17-29-23/h2,4-5,8-12,17,20,22,24,30H,3,6-7,13-16,18-19H2,1H3,(H,32,35)/q+1/t24-/m0/s1. The number of piperidine rings is 1. The second kappa shape index (κ2) is 12.4. The molecule has 1 amide bonds. The van der Waals surface area contributed by atoms with Crippen molar-refractivity contribution < 1.29 is 9.59 Å². The lowest BCUT2D eigenvalue weighted by Crippen LogP contribution is -2.49. The number of carbonyl (C=O) groups excluding carboxylic acids is 2. The van der Waals surface area contributed by atoms with Gasteiger partial charge in [-0.3, -0.25) is 14.6 Å². The molecule has 3 heterocycles. The van der Waals surface area contributed by atoms with E-state index in [0.29, 0.717) is 12.1 Å². The molecule has 2 aliphatic rings. The number of ketones is 1. The van der Waals surface area contributed by atoms with E-state index in [4.69, 9.17) is 4.99 Å². The van der Waals surface area contributed by atoms with Crippen LogP contribution in [0, 0.1) is 5.92 Å². The maximum atomic E-state index is 13.1. The monoisotopic (exact) mass is 473 g/mol. The summed E-state index contributed by atoms with van der Waals surface area (Å²) in [6.07, 6.45) is 9.21. The van der Waals surface area contributed by atoms with Gasteiger partial charge in [-0.05, 0) is 62.9 Å². The Morgan fingerprint density at radius 2 is 1.86 bits per heavy atom. The summed E-state index contributed by atoms with van der Waals surface area (Å²) in [6, 6.07) is 15.3. The van der Waals surface area contributed by atoms with Crippen LogP contribution >= 0.6 is 0 Å². The number of aliphatic imine (C=N–C) groups is 1. The van der Waals surface area contributed by atoms with Crippen LogP contribution in [0.5, 0.6) is 0 Å². The predicted octanol–water partition coefficient (Wildman–Crippen LogP) is 3.38. The molecule has 1 aromatic heterocycles. The summed E-state index contributed by atoms with van der Waals surface area (Å²) in [7, 11) is 2.10. The number of unbranched alkanes of at least 4 members (excludes halogenated alkanes) is 2. The summed E-state index contributed by atoms with van der Waals surface area (Å²) in [6.45, 7) is 1.90. The Balaban J connectivity index is 1.33. The number of rotatable bonds is 11. The van der Waals surface area contributed by atoms with E-state index in [0.717, 1.165) is 68.7 Å². The number of nitrogens with zero attached hydrogens (tertiary/aromatic N) is 3. The highest BCUT2D eigenvalue weighted by Crippen LogP contribution is 2.18. The van der Waals surface area contributed by atoms with Crippen LogP contribution in [0.2, 0.25) is 0 Å². The van der Waals surface area contributed by atoms with Crippen molar-refractivity contribution in [2.24, 2.45) is 5.92 Å². The molecule has 0 spiro atoms. The third-order valence-corrected chi connectivity index (χ3v) is 6.75. The largest absolute Gasteiger partial charge is 0.342 e. The minimum Gasteiger partial charge on any atom is -0.342 e. The molecule has 1 saturated heterocycles. The van der Waals surface area contributed by atoms with Crippen molar-refractivity contribution in [2.45, 2.75) is 51.0 Å². The molecule has 0 unspecified atom stereocenters. The predicted molar refractivity (Wildman–Crippen MR) is 138 cm³/mol. The fourth-order valence-corrected chi connectivity index (χ4v) is 4.58. The maximum Gasteiger partial charge on any atom is 0.319 e. The first-order chi connectivity index (χ1) is 17.1. The first-order valence-corrected chi connectivity index (χ1v) is 12.6. The normalized spacial score (nSPS) is 17.3. The van der Waals surface area contributed by atoms with Crippen molar-refractivity contribution in [3.05, 3.63) is 72.2 Å². The molecular formula is C28H35N5O2+. The second-order valence-corrected chi connectivity index (χ2v) is 9.41. The molecule has 1 aromatic carbocycles.